The number of alkyl halides is 1. The van der Waals surface area contributed by atoms with Gasteiger partial charge in [-0.15, -0.1) is 0 Å². The Morgan fingerprint density at radius 1 is 1.44 bits per heavy atom. The van der Waals surface area contributed by atoms with Gasteiger partial charge in [0.2, 0.25) is 0 Å². The highest BCUT2D eigenvalue weighted by Crippen LogP contribution is 2.07. The standard InChI is InChI=1S/C6H10Cl2O/c1-5(6(2)8)3-9-4-7/h3-4H2,1-2H3/b6-5-. The molecule has 1 nitrogen and oxygen atoms in total. The van der Waals surface area contributed by atoms with E-state index in [1.54, 1.807) is 0 Å². The van der Waals surface area contributed by atoms with Crippen LogP contribution in [0.3, 0.4) is 0 Å². The van der Waals surface area contributed by atoms with Crippen molar-refractivity contribution >= 4 is 23.2 Å². The van der Waals surface area contributed by atoms with E-state index in [2.05, 4.69) is 0 Å². The van der Waals surface area contributed by atoms with E-state index in [1.165, 1.54) is 0 Å². The minimum Gasteiger partial charge on any atom is -0.361 e. The third-order valence-corrected chi connectivity index (χ3v) is 1.46. The Bertz CT molecular complexity index is 106. The van der Waals surface area contributed by atoms with E-state index < -0.39 is 0 Å². The lowest BCUT2D eigenvalue weighted by Gasteiger charge is -1.99. The van der Waals surface area contributed by atoms with E-state index in [0.29, 0.717) is 6.61 Å². The lowest BCUT2D eigenvalue weighted by atomic mass is 10.3. The highest BCUT2D eigenvalue weighted by molar-refractivity contribution is 6.29. The molecule has 0 heterocycles. The van der Waals surface area contributed by atoms with Crippen LogP contribution in [0.4, 0.5) is 0 Å². The molecule has 0 saturated heterocycles. The molecule has 54 valence electrons. The fraction of sp³-hybridized carbons (Fsp3) is 0.667. The Labute approximate surface area is 65.6 Å². The largest absolute Gasteiger partial charge is 0.361 e. The molecule has 0 atom stereocenters. The van der Waals surface area contributed by atoms with Crippen LogP contribution in [0.1, 0.15) is 13.8 Å². The normalized spacial score (nSPS) is 13.3. The van der Waals surface area contributed by atoms with Gasteiger partial charge in [-0.1, -0.05) is 23.2 Å². The molecule has 0 amide bonds. The second-order valence-electron chi connectivity index (χ2n) is 1.77. The predicted octanol–water partition coefficient (Wildman–Crippen LogP) is 2.73. The maximum absolute atomic E-state index is 5.62. The monoisotopic (exact) mass is 168 g/mol. The molecular weight excluding hydrogens is 159 g/mol. The van der Waals surface area contributed by atoms with Gasteiger partial charge in [-0.3, -0.25) is 0 Å². The van der Waals surface area contributed by atoms with E-state index in [-0.39, 0.29) is 6.07 Å². The van der Waals surface area contributed by atoms with Crippen molar-refractivity contribution < 1.29 is 4.74 Å². The Kier molecular flexibility index (Phi) is 5.25. The summed E-state index contributed by atoms with van der Waals surface area (Å²) in [4.78, 5) is 0. The minimum atomic E-state index is 0.224. The zero-order chi connectivity index (χ0) is 7.28. The molecule has 0 aliphatic carbocycles. The summed E-state index contributed by atoms with van der Waals surface area (Å²) in [7, 11) is 0. The maximum atomic E-state index is 5.62. The molecule has 0 rings (SSSR count). The summed E-state index contributed by atoms with van der Waals surface area (Å²) < 4.78 is 4.88. The van der Waals surface area contributed by atoms with Crippen LogP contribution >= 0.6 is 23.2 Å². The van der Waals surface area contributed by atoms with Crippen LogP contribution in [0.2, 0.25) is 0 Å². The van der Waals surface area contributed by atoms with Crippen molar-refractivity contribution in [3.63, 3.8) is 0 Å². The van der Waals surface area contributed by atoms with Gasteiger partial charge in [-0.05, 0) is 19.4 Å². The van der Waals surface area contributed by atoms with Crippen LogP contribution in [-0.2, 0) is 4.74 Å². The predicted molar refractivity (Wildman–Crippen MR) is 40.9 cm³/mol. The molecule has 0 fully saturated rings. The molecule has 0 aromatic carbocycles. The van der Waals surface area contributed by atoms with Gasteiger partial charge in [0.15, 0.2) is 0 Å². The summed E-state index contributed by atoms with van der Waals surface area (Å²) in [6.07, 6.45) is 0. The fourth-order valence-electron chi connectivity index (χ4n) is 0.291. The first-order valence-electron chi connectivity index (χ1n) is 2.64. The van der Waals surface area contributed by atoms with Gasteiger partial charge in [-0.25, -0.2) is 0 Å². The SMILES string of the molecule is C/C(Cl)=C(\C)COCCl. The Hall–Kier alpha value is 0.280. The molecule has 0 radical (unpaired) electrons. The first-order valence-corrected chi connectivity index (χ1v) is 3.55. The second kappa shape index (κ2) is 5.10. The van der Waals surface area contributed by atoms with Crippen molar-refractivity contribution in [3.05, 3.63) is 10.6 Å². The van der Waals surface area contributed by atoms with Crippen molar-refractivity contribution in [1.82, 2.24) is 0 Å². The molecule has 0 saturated carbocycles. The Balaban J connectivity index is 3.50. The van der Waals surface area contributed by atoms with E-state index >= 15 is 0 Å². The van der Waals surface area contributed by atoms with Crippen molar-refractivity contribution in [2.75, 3.05) is 12.7 Å². The quantitative estimate of drug-likeness (QED) is 0.590. The second-order valence-corrected chi connectivity index (χ2v) is 2.56. The first-order chi connectivity index (χ1) is 4.18. The number of allylic oxidation sites excluding steroid dienone is 1. The summed E-state index contributed by atoms with van der Waals surface area (Å²) in [5.41, 5.74) is 1.03. The summed E-state index contributed by atoms with van der Waals surface area (Å²) in [5.74, 6) is 0. The molecule has 0 unspecified atom stereocenters. The Morgan fingerprint density at radius 3 is 2.33 bits per heavy atom. The lowest BCUT2D eigenvalue weighted by molar-refractivity contribution is 0.205. The van der Waals surface area contributed by atoms with E-state index in [9.17, 15) is 0 Å². The lowest BCUT2D eigenvalue weighted by Crippen LogP contribution is -1.93. The fourth-order valence-corrected chi connectivity index (χ4v) is 0.423. The van der Waals surface area contributed by atoms with Crippen LogP contribution in [-0.4, -0.2) is 12.7 Å². The molecular formula is C6H10Cl2O. The molecule has 0 aromatic heterocycles. The third-order valence-electron chi connectivity index (χ3n) is 0.984. The van der Waals surface area contributed by atoms with Gasteiger partial charge in [0.05, 0.1) is 6.61 Å². The number of hydrogen-bond donors (Lipinski definition) is 0. The number of rotatable bonds is 3. The summed E-state index contributed by atoms with van der Waals surface area (Å²) >= 11 is 10.9. The minimum absolute atomic E-state index is 0.224. The number of hydrogen-bond acceptors (Lipinski definition) is 1. The zero-order valence-electron chi connectivity index (χ0n) is 5.58. The van der Waals surface area contributed by atoms with Crippen molar-refractivity contribution in [1.29, 1.82) is 0 Å². The zero-order valence-corrected chi connectivity index (χ0v) is 7.09. The molecule has 0 spiro atoms. The molecule has 9 heavy (non-hydrogen) atoms. The van der Waals surface area contributed by atoms with Gasteiger partial charge in [0.1, 0.15) is 6.07 Å². The van der Waals surface area contributed by atoms with E-state index in [0.717, 1.165) is 10.6 Å². The average molecular weight is 169 g/mol. The summed E-state index contributed by atoms with van der Waals surface area (Å²) in [6.45, 7) is 4.27. The first kappa shape index (κ1) is 9.28. The van der Waals surface area contributed by atoms with E-state index in [4.69, 9.17) is 27.9 Å². The highest BCUT2D eigenvalue weighted by Gasteiger charge is 1.91. The summed E-state index contributed by atoms with van der Waals surface area (Å²) in [6, 6.07) is 0.224. The van der Waals surface area contributed by atoms with Crippen molar-refractivity contribution in [2.45, 2.75) is 13.8 Å². The van der Waals surface area contributed by atoms with Crippen molar-refractivity contribution in [2.24, 2.45) is 0 Å². The maximum Gasteiger partial charge on any atom is 0.121 e. The molecule has 0 N–H and O–H groups in total. The topological polar surface area (TPSA) is 9.23 Å². The number of ether oxygens (including phenoxy) is 1. The van der Waals surface area contributed by atoms with Crippen LogP contribution in [0, 0.1) is 0 Å². The average Bonchev–Trinajstić information content (AvgIpc) is 1.82. The van der Waals surface area contributed by atoms with Gasteiger partial charge < -0.3 is 4.74 Å². The Morgan fingerprint density at radius 2 is 2.00 bits per heavy atom. The molecule has 3 heteroatoms. The van der Waals surface area contributed by atoms with Crippen LogP contribution in [0.15, 0.2) is 10.6 Å². The van der Waals surface area contributed by atoms with Gasteiger partial charge >= 0.3 is 0 Å². The van der Waals surface area contributed by atoms with E-state index in [1.807, 2.05) is 13.8 Å². The van der Waals surface area contributed by atoms with Crippen molar-refractivity contribution in [3.8, 4) is 0 Å². The summed E-state index contributed by atoms with van der Waals surface area (Å²) in [5, 5.41) is 0.778. The molecule has 0 aromatic rings. The van der Waals surface area contributed by atoms with Gasteiger partial charge in [0, 0.05) is 5.03 Å². The smallest absolute Gasteiger partial charge is 0.121 e. The number of halogens is 2. The van der Waals surface area contributed by atoms with Crippen LogP contribution < -0.4 is 0 Å². The molecule has 0 aliphatic rings. The van der Waals surface area contributed by atoms with Gasteiger partial charge in [-0.2, -0.15) is 0 Å². The van der Waals surface area contributed by atoms with Gasteiger partial charge in [0.25, 0.3) is 0 Å². The molecule has 0 aliphatic heterocycles. The molecule has 0 bridgehead atoms. The van der Waals surface area contributed by atoms with Crippen LogP contribution in [0.5, 0.6) is 0 Å². The highest BCUT2D eigenvalue weighted by atomic mass is 35.5. The van der Waals surface area contributed by atoms with Crippen LogP contribution in [0.25, 0.3) is 0 Å². The third kappa shape index (κ3) is 4.76.